The molecule has 1 aliphatic rings. The standard InChI is InChI=1S/C23H21F3N4O3/c1-13-11-29(12-27-13)18-6-5-14(8-20(18)33-2)23(32)30-7-3-4-19(30)22(31)28-15-9-16(24)21(26)17(25)10-15/h5-6,8-12,19H,3-4,7H2,1-2H3,(H,28,31)/t19-/m0/s1. The second-order valence-corrected chi connectivity index (χ2v) is 7.71. The first kappa shape index (κ1) is 22.4. The summed E-state index contributed by atoms with van der Waals surface area (Å²) < 4.78 is 47.3. The molecule has 2 aromatic carbocycles. The van der Waals surface area contributed by atoms with Gasteiger partial charge < -0.3 is 19.5 Å². The smallest absolute Gasteiger partial charge is 0.254 e. The molecule has 33 heavy (non-hydrogen) atoms. The number of ether oxygens (including phenoxy) is 1. The van der Waals surface area contributed by atoms with Crippen molar-refractivity contribution in [1.82, 2.24) is 14.5 Å². The first-order valence-corrected chi connectivity index (χ1v) is 10.2. The van der Waals surface area contributed by atoms with Gasteiger partial charge in [-0.2, -0.15) is 0 Å². The van der Waals surface area contributed by atoms with Crippen LogP contribution in [0.2, 0.25) is 0 Å². The molecule has 2 heterocycles. The van der Waals surface area contributed by atoms with Crippen LogP contribution in [0.1, 0.15) is 28.9 Å². The number of methoxy groups -OCH3 is 1. The lowest BCUT2D eigenvalue weighted by Crippen LogP contribution is -2.43. The molecule has 1 atom stereocenters. The van der Waals surface area contributed by atoms with Gasteiger partial charge in [-0.1, -0.05) is 0 Å². The summed E-state index contributed by atoms with van der Waals surface area (Å²) in [5.41, 5.74) is 1.62. The summed E-state index contributed by atoms with van der Waals surface area (Å²) in [5.74, 6) is -4.97. The van der Waals surface area contributed by atoms with E-state index in [1.165, 1.54) is 12.0 Å². The molecule has 0 spiro atoms. The second-order valence-electron chi connectivity index (χ2n) is 7.71. The number of hydrogen-bond donors (Lipinski definition) is 1. The molecule has 172 valence electrons. The lowest BCUT2D eigenvalue weighted by molar-refractivity contribution is -0.119. The summed E-state index contributed by atoms with van der Waals surface area (Å²) >= 11 is 0. The highest BCUT2D eigenvalue weighted by molar-refractivity contribution is 6.01. The minimum Gasteiger partial charge on any atom is -0.495 e. The molecule has 1 saturated heterocycles. The van der Waals surface area contributed by atoms with Crippen LogP contribution >= 0.6 is 0 Å². The molecule has 1 N–H and O–H groups in total. The van der Waals surface area contributed by atoms with Crippen molar-refractivity contribution in [2.75, 3.05) is 19.0 Å². The van der Waals surface area contributed by atoms with E-state index in [1.807, 2.05) is 13.1 Å². The van der Waals surface area contributed by atoms with E-state index in [1.54, 1.807) is 29.1 Å². The number of anilines is 1. The largest absolute Gasteiger partial charge is 0.495 e. The Bertz CT molecular complexity index is 1200. The topological polar surface area (TPSA) is 76.5 Å². The average Bonchev–Trinajstić information content (AvgIpc) is 3.45. The highest BCUT2D eigenvalue weighted by Gasteiger charge is 2.35. The Morgan fingerprint density at radius 1 is 1.15 bits per heavy atom. The van der Waals surface area contributed by atoms with Gasteiger partial charge in [-0.3, -0.25) is 9.59 Å². The Labute approximate surface area is 187 Å². The third-order valence-electron chi connectivity index (χ3n) is 5.48. The number of aromatic nitrogens is 2. The van der Waals surface area contributed by atoms with Gasteiger partial charge in [0.1, 0.15) is 11.8 Å². The molecular formula is C23H21F3N4O3. The summed E-state index contributed by atoms with van der Waals surface area (Å²) in [4.78, 5) is 31.5. The Balaban J connectivity index is 1.54. The molecule has 0 saturated carbocycles. The minimum atomic E-state index is -1.62. The fourth-order valence-electron chi connectivity index (χ4n) is 3.88. The number of carbonyl (C=O) groups is 2. The SMILES string of the molecule is COc1cc(C(=O)N2CCC[C@H]2C(=O)Nc2cc(F)c(F)c(F)c2)ccc1-n1cnc(C)c1. The number of imidazole rings is 1. The monoisotopic (exact) mass is 458 g/mol. The van der Waals surface area contributed by atoms with Crippen molar-refractivity contribution in [1.29, 1.82) is 0 Å². The van der Waals surface area contributed by atoms with Crippen molar-refractivity contribution >= 4 is 17.5 Å². The Hall–Kier alpha value is -3.82. The molecule has 0 radical (unpaired) electrons. The van der Waals surface area contributed by atoms with Gasteiger partial charge in [-0.25, -0.2) is 18.2 Å². The molecule has 4 rings (SSSR count). The van der Waals surface area contributed by atoms with Gasteiger partial charge in [0.15, 0.2) is 17.5 Å². The Morgan fingerprint density at radius 2 is 1.88 bits per heavy atom. The summed E-state index contributed by atoms with van der Waals surface area (Å²) in [6.07, 6.45) is 4.42. The number of rotatable bonds is 5. The zero-order valence-electron chi connectivity index (χ0n) is 17.9. The van der Waals surface area contributed by atoms with E-state index in [2.05, 4.69) is 10.3 Å². The molecule has 1 aromatic heterocycles. The van der Waals surface area contributed by atoms with Crippen molar-refractivity contribution in [3.63, 3.8) is 0 Å². The predicted molar refractivity (Wildman–Crippen MR) is 114 cm³/mol. The quantitative estimate of drug-likeness (QED) is 0.590. The number of hydrogen-bond acceptors (Lipinski definition) is 4. The van der Waals surface area contributed by atoms with Gasteiger partial charge in [0, 0.05) is 36.1 Å². The van der Waals surface area contributed by atoms with Crippen molar-refractivity contribution < 1.29 is 27.5 Å². The number of likely N-dealkylation sites (tertiary alicyclic amines) is 1. The first-order valence-electron chi connectivity index (χ1n) is 10.2. The molecule has 2 amide bonds. The van der Waals surface area contributed by atoms with E-state index in [0.717, 1.165) is 5.69 Å². The average molecular weight is 458 g/mol. The number of carbonyl (C=O) groups excluding carboxylic acids is 2. The third kappa shape index (κ3) is 4.41. The van der Waals surface area contributed by atoms with E-state index in [0.29, 0.717) is 48.5 Å². The Morgan fingerprint density at radius 3 is 2.52 bits per heavy atom. The van der Waals surface area contributed by atoms with Crippen LogP contribution in [-0.2, 0) is 4.79 Å². The Kier molecular flexibility index (Phi) is 6.08. The van der Waals surface area contributed by atoms with E-state index in [9.17, 15) is 22.8 Å². The summed E-state index contributed by atoms with van der Waals surface area (Å²) in [5, 5.41) is 2.37. The first-order chi connectivity index (χ1) is 15.8. The number of nitrogens with one attached hydrogen (secondary N) is 1. The fraction of sp³-hybridized carbons (Fsp3) is 0.261. The molecule has 0 aliphatic carbocycles. The van der Waals surface area contributed by atoms with E-state index < -0.39 is 29.4 Å². The lowest BCUT2D eigenvalue weighted by atomic mass is 10.1. The van der Waals surface area contributed by atoms with Crippen LogP contribution in [-0.4, -0.2) is 46.0 Å². The number of halogens is 3. The van der Waals surface area contributed by atoms with Crippen LogP contribution in [0.25, 0.3) is 5.69 Å². The maximum absolute atomic E-state index is 13.5. The van der Waals surface area contributed by atoms with Crippen LogP contribution in [0.5, 0.6) is 5.75 Å². The summed E-state index contributed by atoms with van der Waals surface area (Å²) in [6.45, 7) is 2.20. The highest BCUT2D eigenvalue weighted by atomic mass is 19.2. The van der Waals surface area contributed by atoms with Crippen molar-refractivity contribution in [3.05, 3.63) is 71.6 Å². The van der Waals surface area contributed by atoms with Gasteiger partial charge in [-0.15, -0.1) is 0 Å². The van der Waals surface area contributed by atoms with Crippen LogP contribution < -0.4 is 10.1 Å². The zero-order valence-corrected chi connectivity index (χ0v) is 17.9. The molecule has 1 aliphatic heterocycles. The van der Waals surface area contributed by atoms with Crippen LogP contribution in [0.3, 0.4) is 0 Å². The van der Waals surface area contributed by atoms with Gasteiger partial charge in [0.05, 0.1) is 24.8 Å². The van der Waals surface area contributed by atoms with E-state index in [4.69, 9.17) is 4.74 Å². The minimum absolute atomic E-state index is 0.225. The van der Waals surface area contributed by atoms with E-state index >= 15 is 0 Å². The maximum atomic E-state index is 13.5. The van der Waals surface area contributed by atoms with Crippen molar-refractivity contribution in [2.24, 2.45) is 0 Å². The predicted octanol–water partition coefficient (Wildman–Crippen LogP) is 3.85. The molecular weight excluding hydrogens is 437 g/mol. The lowest BCUT2D eigenvalue weighted by Gasteiger charge is -2.24. The maximum Gasteiger partial charge on any atom is 0.254 e. The van der Waals surface area contributed by atoms with Crippen LogP contribution in [0.15, 0.2) is 42.9 Å². The van der Waals surface area contributed by atoms with Gasteiger partial charge in [0.25, 0.3) is 5.91 Å². The normalized spacial score (nSPS) is 15.5. The second kappa shape index (κ2) is 8.97. The van der Waals surface area contributed by atoms with Crippen molar-refractivity contribution in [3.8, 4) is 11.4 Å². The van der Waals surface area contributed by atoms with Gasteiger partial charge >= 0.3 is 0 Å². The fourth-order valence-corrected chi connectivity index (χ4v) is 3.88. The number of amides is 2. The summed E-state index contributed by atoms with van der Waals surface area (Å²) in [7, 11) is 1.49. The number of benzene rings is 2. The number of aryl methyl sites for hydroxylation is 1. The molecule has 7 nitrogen and oxygen atoms in total. The van der Waals surface area contributed by atoms with Crippen LogP contribution in [0.4, 0.5) is 18.9 Å². The molecule has 10 heteroatoms. The molecule has 0 bridgehead atoms. The van der Waals surface area contributed by atoms with Gasteiger partial charge in [0.2, 0.25) is 5.91 Å². The molecule has 3 aromatic rings. The zero-order chi connectivity index (χ0) is 23.7. The third-order valence-corrected chi connectivity index (χ3v) is 5.48. The van der Waals surface area contributed by atoms with Crippen molar-refractivity contribution in [2.45, 2.75) is 25.8 Å². The summed E-state index contributed by atoms with van der Waals surface area (Å²) in [6, 6.07) is 5.49. The van der Waals surface area contributed by atoms with Crippen LogP contribution in [0, 0.1) is 24.4 Å². The molecule has 0 unspecified atom stereocenters. The molecule has 1 fully saturated rings. The highest BCUT2D eigenvalue weighted by Crippen LogP contribution is 2.28. The van der Waals surface area contributed by atoms with E-state index in [-0.39, 0.29) is 11.6 Å². The van der Waals surface area contributed by atoms with Gasteiger partial charge in [-0.05, 0) is 38.0 Å². The number of nitrogens with zero attached hydrogens (tertiary/aromatic N) is 3.